The summed E-state index contributed by atoms with van der Waals surface area (Å²) >= 11 is 0. The van der Waals surface area contributed by atoms with E-state index in [2.05, 4.69) is 10.9 Å². The Kier molecular flexibility index (Phi) is 4.42. The molecule has 5 N–H and O–H groups in total. The lowest BCUT2D eigenvalue weighted by molar-refractivity contribution is 0.250. The van der Waals surface area contributed by atoms with Crippen molar-refractivity contribution in [2.24, 2.45) is 5.73 Å². The molecule has 1 aromatic rings. The van der Waals surface area contributed by atoms with Crippen LogP contribution in [0.25, 0.3) is 0 Å². The maximum absolute atomic E-state index is 10.7. The third kappa shape index (κ3) is 3.29. The molecule has 0 bridgehead atoms. The number of hydrogen-bond acceptors (Lipinski definition) is 3. The van der Waals surface area contributed by atoms with Gasteiger partial charge >= 0.3 is 6.03 Å². The van der Waals surface area contributed by atoms with Gasteiger partial charge in [0, 0.05) is 0 Å². The first-order chi connectivity index (χ1) is 8.32. The number of urea groups is 1. The van der Waals surface area contributed by atoms with Gasteiger partial charge in [-0.1, -0.05) is 27.7 Å². The van der Waals surface area contributed by atoms with Crippen LogP contribution in [0.1, 0.15) is 50.7 Å². The fourth-order valence-corrected chi connectivity index (χ4v) is 1.77. The summed E-state index contributed by atoms with van der Waals surface area (Å²) in [6.45, 7) is 8.02. The van der Waals surface area contributed by atoms with E-state index in [-0.39, 0.29) is 11.8 Å². The van der Waals surface area contributed by atoms with Crippen molar-refractivity contribution in [2.75, 3.05) is 5.43 Å². The van der Waals surface area contributed by atoms with Crippen molar-refractivity contribution in [1.82, 2.24) is 5.43 Å². The molecule has 0 aliphatic heterocycles. The molecule has 0 aliphatic carbocycles. The Bertz CT molecular complexity index is 413. The van der Waals surface area contributed by atoms with E-state index in [1.807, 2.05) is 39.8 Å². The summed E-state index contributed by atoms with van der Waals surface area (Å²) in [5.74, 6) is 0.709. The van der Waals surface area contributed by atoms with Crippen molar-refractivity contribution in [2.45, 2.75) is 39.5 Å². The van der Waals surface area contributed by atoms with Crippen LogP contribution in [-0.2, 0) is 0 Å². The molecule has 0 atom stereocenters. The molecule has 0 heterocycles. The summed E-state index contributed by atoms with van der Waals surface area (Å²) in [6.07, 6.45) is 0. The number of benzene rings is 1. The number of carbonyl (C=O) groups excluding carboxylic acids is 1. The van der Waals surface area contributed by atoms with E-state index in [4.69, 9.17) is 5.73 Å². The van der Waals surface area contributed by atoms with Crippen LogP contribution in [0.5, 0.6) is 5.75 Å². The van der Waals surface area contributed by atoms with E-state index in [0.29, 0.717) is 11.4 Å². The summed E-state index contributed by atoms with van der Waals surface area (Å²) in [7, 11) is 0. The van der Waals surface area contributed by atoms with Gasteiger partial charge in [0.25, 0.3) is 0 Å². The van der Waals surface area contributed by atoms with Gasteiger partial charge in [-0.15, -0.1) is 0 Å². The number of rotatable bonds is 4. The fourth-order valence-electron chi connectivity index (χ4n) is 1.77. The smallest absolute Gasteiger partial charge is 0.330 e. The Morgan fingerprint density at radius 3 is 1.94 bits per heavy atom. The number of amides is 2. The van der Waals surface area contributed by atoms with Gasteiger partial charge in [-0.25, -0.2) is 4.79 Å². The quantitative estimate of drug-likeness (QED) is 0.490. The van der Waals surface area contributed by atoms with Crippen LogP contribution in [0.3, 0.4) is 0 Å². The van der Waals surface area contributed by atoms with Crippen molar-refractivity contribution in [3.8, 4) is 5.75 Å². The van der Waals surface area contributed by atoms with Crippen molar-refractivity contribution < 1.29 is 9.90 Å². The fraction of sp³-hybridized carbons (Fsp3) is 0.462. The van der Waals surface area contributed by atoms with Gasteiger partial charge in [0.15, 0.2) is 0 Å². The average molecular weight is 251 g/mol. The summed E-state index contributed by atoms with van der Waals surface area (Å²) in [4.78, 5) is 10.7. The highest BCUT2D eigenvalue weighted by Gasteiger charge is 2.15. The number of nitrogens with two attached hydrogens (primary N) is 1. The number of hydrogen-bond donors (Lipinski definition) is 4. The topological polar surface area (TPSA) is 87.4 Å². The minimum Gasteiger partial charge on any atom is -0.507 e. The molecule has 0 aliphatic rings. The highest BCUT2D eigenvalue weighted by atomic mass is 16.3. The van der Waals surface area contributed by atoms with E-state index in [1.54, 1.807) is 0 Å². The van der Waals surface area contributed by atoms with Gasteiger partial charge in [-0.2, -0.15) is 0 Å². The maximum Gasteiger partial charge on any atom is 0.330 e. The van der Waals surface area contributed by atoms with Gasteiger partial charge in [-0.3, -0.25) is 10.9 Å². The molecule has 5 heteroatoms. The van der Waals surface area contributed by atoms with Crippen LogP contribution < -0.4 is 16.6 Å². The number of aromatic hydroxyl groups is 1. The average Bonchev–Trinajstić information content (AvgIpc) is 2.26. The molecule has 0 saturated carbocycles. The summed E-state index contributed by atoms with van der Waals surface area (Å²) in [6, 6.07) is 2.96. The summed E-state index contributed by atoms with van der Waals surface area (Å²) in [5, 5.41) is 10.2. The predicted molar refractivity (Wildman–Crippen MR) is 72.6 cm³/mol. The monoisotopic (exact) mass is 251 g/mol. The molecule has 0 unspecified atom stereocenters. The SMILES string of the molecule is CC(C)c1cc(NNC(N)=O)cc(C(C)C)c1O. The molecule has 0 saturated heterocycles. The molecular formula is C13H21N3O2. The lowest BCUT2D eigenvalue weighted by Crippen LogP contribution is -2.34. The van der Waals surface area contributed by atoms with Crippen molar-refractivity contribution in [1.29, 1.82) is 0 Å². The van der Waals surface area contributed by atoms with Gasteiger partial charge in [-0.05, 0) is 35.1 Å². The Hall–Kier alpha value is -1.91. The van der Waals surface area contributed by atoms with Crippen LogP contribution in [0.15, 0.2) is 12.1 Å². The zero-order chi connectivity index (χ0) is 13.9. The van der Waals surface area contributed by atoms with Crippen LogP contribution in [0.4, 0.5) is 10.5 Å². The number of carbonyl (C=O) groups is 1. The molecule has 1 aromatic carbocycles. The third-order valence-electron chi connectivity index (χ3n) is 2.74. The molecule has 0 aromatic heterocycles. The normalized spacial score (nSPS) is 10.8. The van der Waals surface area contributed by atoms with Gasteiger partial charge in [0.1, 0.15) is 5.75 Å². The van der Waals surface area contributed by atoms with Crippen LogP contribution >= 0.6 is 0 Å². The molecular weight excluding hydrogens is 230 g/mol. The molecule has 5 nitrogen and oxygen atoms in total. The second kappa shape index (κ2) is 5.62. The van der Waals surface area contributed by atoms with Crippen molar-refractivity contribution in [3.05, 3.63) is 23.3 Å². The standard InChI is InChI=1S/C13H21N3O2/c1-7(2)10-5-9(15-16-13(14)18)6-11(8(3)4)12(10)17/h5-8,15,17H,1-4H3,(H3,14,16,18). The van der Waals surface area contributed by atoms with Gasteiger partial charge in [0.2, 0.25) is 0 Å². The number of phenolic OH excluding ortho intramolecular Hbond substituents is 1. The Morgan fingerprint density at radius 1 is 1.17 bits per heavy atom. The molecule has 100 valence electrons. The second-order valence-corrected chi connectivity index (χ2v) is 4.93. The molecule has 0 spiro atoms. The van der Waals surface area contributed by atoms with Crippen molar-refractivity contribution >= 4 is 11.7 Å². The van der Waals surface area contributed by atoms with E-state index < -0.39 is 6.03 Å². The lowest BCUT2D eigenvalue weighted by Gasteiger charge is -2.18. The first-order valence-electron chi connectivity index (χ1n) is 6.01. The number of phenols is 1. The van der Waals surface area contributed by atoms with Crippen LogP contribution in [0.2, 0.25) is 0 Å². The molecule has 1 rings (SSSR count). The molecule has 18 heavy (non-hydrogen) atoms. The van der Waals surface area contributed by atoms with E-state index in [1.165, 1.54) is 0 Å². The number of hydrazine groups is 1. The second-order valence-electron chi connectivity index (χ2n) is 4.93. The highest BCUT2D eigenvalue weighted by Crippen LogP contribution is 2.36. The number of nitrogens with one attached hydrogen (secondary N) is 2. The highest BCUT2D eigenvalue weighted by molar-refractivity contribution is 5.73. The number of anilines is 1. The zero-order valence-corrected chi connectivity index (χ0v) is 11.2. The minimum absolute atomic E-state index is 0.192. The first kappa shape index (κ1) is 14.2. The molecule has 0 radical (unpaired) electrons. The predicted octanol–water partition coefficient (Wildman–Crippen LogP) is 2.63. The Morgan fingerprint density at radius 2 is 1.61 bits per heavy atom. The molecule has 2 amide bonds. The largest absolute Gasteiger partial charge is 0.507 e. The van der Waals surface area contributed by atoms with Crippen LogP contribution in [0, 0.1) is 0 Å². The van der Waals surface area contributed by atoms with Gasteiger partial charge < -0.3 is 10.8 Å². The van der Waals surface area contributed by atoms with Crippen LogP contribution in [-0.4, -0.2) is 11.1 Å². The first-order valence-corrected chi connectivity index (χ1v) is 6.01. The third-order valence-corrected chi connectivity index (χ3v) is 2.74. The van der Waals surface area contributed by atoms with E-state index in [9.17, 15) is 9.90 Å². The lowest BCUT2D eigenvalue weighted by atomic mass is 9.93. The van der Waals surface area contributed by atoms with E-state index >= 15 is 0 Å². The summed E-state index contributed by atoms with van der Waals surface area (Å²) in [5.41, 5.74) is 12.4. The zero-order valence-electron chi connectivity index (χ0n) is 11.2. The maximum atomic E-state index is 10.7. The summed E-state index contributed by atoms with van der Waals surface area (Å²) < 4.78 is 0. The molecule has 0 fully saturated rings. The van der Waals surface area contributed by atoms with Crippen molar-refractivity contribution in [3.63, 3.8) is 0 Å². The minimum atomic E-state index is -0.653. The Balaban J connectivity index is 3.16. The number of primary amides is 1. The van der Waals surface area contributed by atoms with Gasteiger partial charge in [0.05, 0.1) is 5.69 Å². The Labute approximate surface area is 107 Å². The van der Waals surface area contributed by atoms with E-state index in [0.717, 1.165) is 11.1 Å².